The number of piperidine rings is 4. The lowest BCUT2D eigenvalue weighted by Gasteiger charge is -2.31. The lowest BCUT2D eigenvalue weighted by atomic mass is 9.88. The van der Waals surface area contributed by atoms with Crippen molar-refractivity contribution < 1.29 is 22.0 Å². The van der Waals surface area contributed by atoms with Crippen molar-refractivity contribution in [1.29, 1.82) is 15.8 Å². The number of halogens is 7. The highest BCUT2D eigenvalue weighted by Gasteiger charge is 2.36. The van der Waals surface area contributed by atoms with Crippen LogP contribution >= 0.6 is 23.2 Å². The first-order chi connectivity index (χ1) is 32.6. The molecule has 0 radical (unpaired) electrons. The van der Waals surface area contributed by atoms with Gasteiger partial charge in [0.25, 0.3) is 0 Å². The predicted molar refractivity (Wildman–Crippen MR) is 262 cm³/mol. The number of alkyl halides is 3. The standard InChI is InChI=1S/C14H17ClN2.C14H17FN2.C13H15ClN2.C13H15F4N/c2*1-2-17-8-6-11(7-9-17)13-5-3-4-12(10-16)14(13)15;1-16-7-5-10(6-8-16)12-4-2-3-11(9-15)13(12)14;1-18-7-5-9(6-8-18)10-3-2-4-11(12(10)14)13(15,16)17/h2*3-5,11H,2,6-9H2,1H3;2-4,10H,5-8H2,1H3;2-4,9H,5-8H2,1H3. The fourth-order valence-electron chi connectivity index (χ4n) is 9.70. The van der Waals surface area contributed by atoms with Gasteiger partial charge in [-0.15, -0.1) is 0 Å². The van der Waals surface area contributed by atoms with E-state index in [-0.39, 0.29) is 28.8 Å². The van der Waals surface area contributed by atoms with Crippen LogP contribution in [0.25, 0.3) is 0 Å². The number of nitriles is 3. The molecule has 7 nitrogen and oxygen atoms in total. The van der Waals surface area contributed by atoms with Gasteiger partial charge in [-0.05, 0) is 201 Å². The van der Waals surface area contributed by atoms with Crippen LogP contribution < -0.4 is 0 Å². The molecular weight excluding hydrogens is 913 g/mol. The minimum Gasteiger partial charge on any atom is -0.306 e. The molecule has 68 heavy (non-hydrogen) atoms. The van der Waals surface area contributed by atoms with Crippen molar-refractivity contribution in [3.8, 4) is 18.2 Å². The van der Waals surface area contributed by atoms with Crippen LogP contribution in [0.5, 0.6) is 0 Å². The van der Waals surface area contributed by atoms with Crippen LogP contribution in [-0.2, 0) is 6.18 Å². The first-order valence-corrected chi connectivity index (χ1v) is 24.6. The summed E-state index contributed by atoms with van der Waals surface area (Å²) in [6.45, 7) is 14.7. The summed E-state index contributed by atoms with van der Waals surface area (Å²) < 4.78 is 65.7. The molecule has 0 amide bonds. The largest absolute Gasteiger partial charge is 0.419 e. The lowest BCUT2D eigenvalue weighted by Crippen LogP contribution is -2.32. The molecule has 4 aromatic rings. The fraction of sp³-hybridized carbons (Fsp3) is 0.500. The molecule has 8 rings (SSSR count). The SMILES string of the molecule is CCN1CCC(c2cccc(C#N)c2Cl)CC1.CCN1CCC(c2cccc(C#N)c2F)CC1.CN1CCC(c2cccc(C#N)c2Cl)CC1.CN1CCC(c2cccc(C(F)(F)F)c2F)CC1. The zero-order chi connectivity index (χ0) is 49.4. The van der Waals surface area contributed by atoms with Gasteiger partial charge in [-0.2, -0.15) is 29.0 Å². The third-order valence-corrected chi connectivity index (χ3v) is 14.9. The summed E-state index contributed by atoms with van der Waals surface area (Å²) in [5.74, 6) is -0.227. The number of hydrogen-bond donors (Lipinski definition) is 0. The van der Waals surface area contributed by atoms with Crippen molar-refractivity contribution in [2.24, 2.45) is 0 Å². The normalized spacial score (nSPS) is 18.4. The maximum Gasteiger partial charge on any atom is 0.419 e. The van der Waals surface area contributed by atoms with Crippen molar-refractivity contribution in [1.82, 2.24) is 19.6 Å². The predicted octanol–water partition coefficient (Wildman–Crippen LogP) is 13.0. The van der Waals surface area contributed by atoms with Gasteiger partial charge in [-0.3, -0.25) is 0 Å². The van der Waals surface area contributed by atoms with Crippen LogP contribution in [0.2, 0.25) is 10.0 Å². The number of hydrogen-bond acceptors (Lipinski definition) is 7. The number of nitrogens with zero attached hydrogens (tertiary/aromatic N) is 7. The maximum absolute atomic E-state index is 14.0. The molecule has 4 aliphatic heterocycles. The minimum atomic E-state index is -4.62. The summed E-state index contributed by atoms with van der Waals surface area (Å²) in [4.78, 5) is 9.27. The molecule has 0 unspecified atom stereocenters. The van der Waals surface area contributed by atoms with Gasteiger partial charge in [0, 0.05) is 0 Å². The molecule has 4 heterocycles. The molecule has 0 aromatic heterocycles. The Kier molecular flexibility index (Phi) is 21.1. The maximum atomic E-state index is 14.0. The second-order valence-corrected chi connectivity index (χ2v) is 19.0. The molecule has 4 aliphatic rings. The topological polar surface area (TPSA) is 84.3 Å². The first kappa shape index (κ1) is 54.4. The van der Waals surface area contributed by atoms with Gasteiger partial charge >= 0.3 is 6.18 Å². The average molecular weight is 977 g/mol. The number of benzene rings is 4. The van der Waals surface area contributed by atoms with Gasteiger partial charge in [-0.25, -0.2) is 8.78 Å². The van der Waals surface area contributed by atoms with Crippen LogP contribution in [0, 0.1) is 45.6 Å². The summed E-state index contributed by atoms with van der Waals surface area (Å²) in [5, 5.41) is 28.1. The zero-order valence-electron chi connectivity index (χ0n) is 39.7. The van der Waals surface area contributed by atoms with Gasteiger partial charge in [0.2, 0.25) is 0 Å². The number of rotatable bonds is 6. The molecule has 4 saturated heterocycles. The highest BCUT2D eigenvalue weighted by atomic mass is 35.5. The summed E-state index contributed by atoms with van der Waals surface area (Å²) in [6.07, 6.45) is 3.30. The average Bonchev–Trinajstić information content (AvgIpc) is 3.35. The molecule has 0 aliphatic carbocycles. The lowest BCUT2D eigenvalue weighted by molar-refractivity contribution is -0.140. The Balaban J connectivity index is 0.000000170. The van der Waals surface area contributed by atoms with E-state index in [0.29, 0.717) is 45.8 Å². The van der Waals surface area contributed by atoms with E-state index in [0.717, 1.165) is 127 Å². The Morgan fingerprint density at radius 2 is 0.794 bits per heavy atom. The highest BCUT2D eigenvalue weighted by Crippen LogP contribution is 2.38. The Morgan fingerprint density at radius 3 is 1.15 bits per heavy atom. The smallest absolute Gasteiger partial charge is 0.306 e. The van der Waals surface area contributed by atoms with E-state index in [9.17, 15) is 22.0 Å². The molecule has 364 valence electrons. The third-order valence-electron chi connectivity index (χ3n) is 14.0. The molecule has 4 aromatic carbocycles. The summed E-state index contributed by atoms with van der Waals surface area (Å²) in [7, 11) is 4.10. The molecule has 0 bridgehead atoms. The Hall–Kier alpha value is -4.58. The van der Waals surface area contributed by atoms with Gasteiger partial charge < -0.3 is 19.6 Å². The van der Waals surface area contributed by atoms with E-state index < -0.39 is 17.6 Å². The Morgan fingerprint density at radius 1 is 0.485 bits per heavy atom. The van der Waals surface area contributed by atoms with E-state index in [1.807, 2.05) is 31.3 Å². The van der Waals surface area contributed by atoms with Gasteiger partial charge in [0.15, 0.2) is 0 Å². The molecule has 0 N–H and O–H groups in total. The van der Waals surface area contributed by atoms with Crippen molar-refractivity contribution >= 4 is 23.2 Å². The molecule has 14 heteroatoms. The summed E-state index contributed by atoms with van der Waals surface area (Å²) in [5.41, 5.74) is 3.44. The van der Waals surface area contributed by atoms with Gasteiger partial charge in [0.05, 0.1) is 32.3 Å². The second kappa shape index (κ2) is 26.4. The molecule has 0 saturated carbocycles. The number of likely N-dealkylation sites (tertiary alicyclic amines) is 4. The second-order valence-electron chi connectivity index (χ2n) is 18.2. The van der Waals surface area contributed by atoms with E-state index in [1.54, 1.807) is 24.3 Å². The zero-order valence-corrected chi connectivity index (χ0v) is 41.3. The van der Waals surface area contributed by atoms with Crippen molar-refractivity contribution in [3.63, 3.8) is 0 Å². The van der Waals surface area contributed by atoms with Crippen LogP contribution in [0.15, 0.2) is 72.8 Å². The monoisotopic (exact) mass is 975 g/mol. The summed E-state index contributed by atoms with van der Waals surface area (Å²) >= 11 is 12.5. The Labute approximate surface area is 410 Å². The van der Waals surface area contributed by atoms with Crippen molar-refractivity contribution in [3.05, 3.63) is 139 Å². The molecule has 0 spiro atoms. The van der Waals surface area contributed by atoms with Gasteiger partial charge in [-0.1, -0.05) is 85.6 Å². The first-order valence-electron chi connectivity index (χ1n) is 23.9. The molecule has 4 fully saturated rings. The van der Waals surface area contributed by atoms with Gasteiger partial charge in [0.1, 0.15) is 29.8 Å². The van der Waals surface area contributed by atoms with Crippen LogP contribution in [0.1, 0.15) is 133 Å². The minimum absolute atomic E-state index is 0.108. The summed E-state index contributed by atoms with van der Waals surface area (Å²) in [6, 6.07) is 26.5. The van der Waals surface area contributed by atoms with Crippen molar-refractivity contribution in [2.45, 2.75) is 95.1 Å². The molecule has 0 atom stereocenters. The Bertz CT molecular complexity index is 2280. The van der Waals surface area contributed by atoms with Crippen LogP contribution in [0.3, 0.4) is 0 Å². The quantitative estimate of drug-likeness (QED) is 0.178. The van der Waals surface area contributed by atoms with Crippen molar-refractivity contribution in [2.75, 3.05) is 79.5 Å². The van der Waals surface area contributed by atoms with E-state index in [4.69, 9.17) is 39.0 Å². The van der Waals surface area contributed by atoms with Crippen LogP contribution in [0.4, 0.5) is 22.0 Å². The highest BCUT2D eigenvalue weighted by molar-refractivity contribution is 6.33. The van der Waals surface area contributed by atoms with Crippen LogP contribution in [-0.4, -0.2) is 99.1 Å². The third kappa shape index (κ3) is 14.7. The van der Waals surface area contributed by atoms with E-state index in [2.05, 4.69) is 64.8 Å². The molecular formula is C54H64Cl2F5N7. The fourth-order valence-corrected chi connectivity index (χ4v) is 10.3. The van der Waals surface area contributed by atoms with E-state index in [1.165, 1.54) is 12.1 Å². The van der Waals surface area contributed by atoms with E-state index >= 15 is 0 Å².